The molecule has 1 heterocycles. The van der Waals surface area contributed by atoms with Crippen LogP contribution in [0, 0.1) is 0 Å². The SMILES string of the molecule is c1ccc(-c2cccc3ccccc23)c(Nc2ccc(-n3c4ccccc4c4cccc(Nc5cc(-c6ccc7ccccc7c6)ccc5-c5ccc6ccccc6c5)c43)cc2)c1. The summed E-state index contributed by atoms with van der Waals surface area (Å²) in [5.74, 6) is 0. The summed E-state index contributed by atoms with van der Waals surface area (Å²) in [4.78, 5) is 0. The van der Waals surface area contributed by atoms with Gasteiger partial charge < -0.3 is 15.2 Å². The van der Waals surface area contributed by atoms with E-state index < -0.39 is 0 Å². The number of benzene rings is 11. The highest BCUT2D eigenvalue weighted by Crippen LogP contribution is 2.42. The van der Waals surface area contributed by atoms with E-state index in [4.69, 9.17) is 0 Å². The maximum absolute atomic E-state index is 4.03. The second kappa shape index (κ2) is 15.3. The highest BCUT2D eigenvalue weighted by Gasteiger charge is 2.18. The molecule has 0 unspecified atom stereocenters. The van der Waals surface area contributed by atoms with Crippen molar-refractivity contribution in [2.75, 3.05) is 10.6 Å². The Morgan fingerprint density at radius 3 is 1.65 bits per heavy atom. The maximum atomic E-state index is 4.03. The van der Waals surface area contributed by atoms with Crippen LogP contribution >= 0.6 is 0 Å². The van der Waals surface area contributed by atoms with E-state index in [0.29, 0.717) is 0 Å². The van der Waals surface area contributed by atoms with Crippen LogP contribution in [0.2, 0.25) is 0 Å². The van der Waals surface area contributed by atoms with Gasteiger partial charge in [0.2, 0.25) is 0 Å². The van der Waals surface area contributed by atoms with Crippen LogP contribution in [0.5, 0.6) is 0 Å². The normalized spacial score (nSPS) is 11.5. The van der Waals surface area contributed by atoms with E-state index in [1.165, 1.54) is 65.3 Å². The minimum Gasteiger partial charge on any atom is -0.355 e. The van der Waals surface area contributed by atoms with Gasteiger partial charge in [-0.25, -0.2) is 0 Å². The third-order valence-electron chi connectivity index (χ3n) is 12.5. The molecule has 0 aliphatic rings. The molecular formula is C60H41N3. The van der Waals surface area contributed by atoms with Crippen LogP contribution in [0.15, 0.2) is 237 Å². The molecule has 0 atom stereocenters. The molecule has 12 rings (SSSR count). The fourth-order valence-corrected chi connectivity index (χ4v) is 9.47. The quantitative estimate of drug-likeness (QED) is 0.160. The van der Waals surface area contributed by atoms with Crippen LogP contribution < -0.4 is 10.6 Å². The molecule has 12 aromatic rings. The molecule has 296 valence electrons. The van der Waals surface area contributed by atoms with Gasteiger partial charge >= 0.3 is 0 Å². The van der Waals surface area contributed by atoms with Crippen molar-refractivity contribution in [3.8, 4) is 39.1 Å². The predicted molar refractivity (Wildman–Crippen MR) is 269 cm³/mol. The van der Waals surface area contributed by atoms with E-state index in [9.17, 15) is 0 Å². The Balaban J connectivity index is 0.968. The lowest BCUT2D eigenvalue weighted by molar-refractivity contribution is 1.18. The lowest BCUT2D eigenvalue weighted by Crippen LogP contribution is -2.00. The lowest BCUT2D eigenvalue weighted by atomic mass is 9.95. The van der Waals surface area contributed by atoms with Crippen molar-refractivity contribution >= 4 is 76.9 Å². The number of hydrogen-bond donors (Lipinski definition) is 2. The summed E-state index contributed by atoms with van der Waals surface area (Å²) in [5.41, 5.74) is 14.6. The number of aromatic nitrogens is 1. The Hall–Kier alpha value is -8.40. The largest absolute Gasteiger partial charge is 0.355 e. The second-order valence-corrected chi connectivity index (χ2v) is 16.3. The average Bonchev–Trinajstić information content (AvgIpc) is 3.69. The van der Waals surface area contributed by atoms with Gasteiger partial charge in [0.1, 0.15) is 0 Å². The highest BCUT2D eigenvalue weighted by atomic mass is 15.0. The summed E-state index contributed by atoms with van der Waals surface area (Å²) in [6, 6.07) is 85.4. The molecule has 0 aliphatic carbocycles. The summed E-state index contributed by atoms with van der Waals surface area (Å²) in [5, 5.41) is 17.6. The van der Waals surface area contributed by atoms with Crippen LogP contribution in [0.4, 0.5) is 22.7 Å². The first kappa shape index (κ1) is 36.5. The molecule has 1 aromatic heterocycles. The molecule has 2 N–H and O–H groups in total. The molecule has 11 aromatic carbocycles. The summed E-state index contributed by atoms with van der Waals surface area (Å²) >= 11 is 0. The summed E-state index contributed by atoms with van der Waals surface area (Å²) in [6.45, 7) is 0. The zero-order valence-electron chi connectivity index (χ0n) is 34.5. The minimum absolute atomic E-state index is 1.02. The van der Waals surface area contributed by atoms with E-state index in [-0.39, 0.29) is 0 Å². The van der Waals surface area contributed by atoms with Gasteiger partial charge in [-0.05, 0) is 115 Å². The molecule has 3 heteroatoms. The van der Waals surface area contributed by atoms with Gasteiger partial charge in [-0.3, -0.25) is 0 Å². The van der Waals surface area contributed by atoms with Crippen molar-refractivity contribution in [2.45, 2.75) is 0 Å². The molecule has 0 saturated carbocycles. The van der Waals surface area contributed by atoms with Gasteiger partial charge in [-0.2, -0.15) is 0 Å². The molecule has 0 radical (unpaired) electrons. The fourth-order valence-electron chi connectivity index (χ4n) is 9.47. The second-order valence-electron chi connectivity index (χ2n) is 16.3. The van der Waals surface area contributed by atoms with Crippen LogP contribution in [0.1, 0.15) is 0 Å². The number of hydrogen-bond acceptors (Lipinski definition) is 2. The van der Waals surface area contributed by atoms with Gasteiger partial charge in [0.15, 0.2) is 0 Å². The van der Waals surface area contributed by atoms with Gasteiger partial charge in [-0.15, -0.1) is 0 Å². The van der Waals surface area contributed by atoms with Gasteiger partial charge in [-0.1, -0.05) is 176 Å². The number of nitrogens with zero attached hydrogens (tertiary/aromatic N) is 1. The highest BCUT2D eigenvalue weighted by molar-refractivity contribution is 6.14. The number of rotatable bonds is 8. The van der Waals surface area contributed by atoms with Crippen molar-refractivity contribution in [1.29, 1.82) is 0 Å². The lowest BCUT2D eigenvalue weighted by Gasteiger charge is -2.18. The van der Waals surface area contributed by atoms with Crippen molar-refractivity contribution in [2.24, 2.45) is 0 Å². The first-order chi connectivity index (χ1) is 31.2. The van der Waals surface area contributed by atoms with Gasteiger partial charge in [0, 0.05) is 44.6 Å². The van der Waals surface area contributed by atoms with Crippen molar-refractivity contribution in [1.82, 2.24) is 4.57 Å². The Morgan fingerprint density at radius 1 is 0.286 bits per heavy atom. The average molecular weight is 804 g/mol. The molecule has 0 aliphatic heterocycles. The molecule has 0 saturated heterocycles. The van der Waals surface area contributed by atoms with Crippen molar-refractivity contribution < 1.29 is 0 Å². The van der Waals surface area contributed by atoms with Crippen LogP contribution in [-0.2, 0) is 0 Å². The Labute approximate surface area is 366 Å². The summed E-state index contributed by atoms with van der Waals surface area (Å²) in [6.07, 6.45) is 0. The molecule has 0 fully saturated rings. The number of anilines is 4. The Bertz CT molecular complexity index is 3680. The van der Waals surface area contributed by atoms with Crippen molar-refractivity contribution in [3.05, 3.63) is 237 Å². The number of nitrogens with one attached hydrogen (secondary N) is 2. The van der Waals surface area contributed by atoms with Crippen LogP contribution in [0.25, 0.3) is 93.2 Å². The molecule has 0 spiro atoms. The Morgan fingerprint density at radius 2 is 0.841 bits per heavy atom. The van der Waals surface area contributed by atoms with Gasteiger partial charge in [0.05, 0.1) is 16.7 Å². The van der Waals surface area contributed by atoms with E-state index in [1.54, 1.807) is 0 Å². The fraction of sp³-hybridized carbons (Fsp3) is 0. The van der Waals surface area contributed by atoms with E-state index in [2.05, 4.69) is 252 Å². The molecule has 0 amide bonds. The van der Waals surface area contributed by atoms with Gasteiger partial charge in [0.25, 0.3) is 0 Å². The standard InChI is InChI=1S/C60H41N3/c1-3-16-43-37-45(29-27-40(43)13-1)46-31-36-51(47-30-28-41-14-2-4-17-44(41)38-47)58(39-46)62-57-25-12-23-55-54-21-8-10-26-59(54)63(60(55)57)49-34-32-48(33-35-49)61-56-24-9-7-20-53(56)52-22-11-18-42-15-5-6-19-50(42)52/h1-39,61-62H. The smallest absolute Gasteiger partial charge is 0.0776 e. The molecule has 3 nitrogen and oxygen atoms in total. The Kier molecular flexibility index (Phi) is 8.83. The summed E-state index contributed by atoms with van der Waals surface area (Å²) < 4.78 is 2.41. The first-order valence-corrected chi connectivity index (χ1v) is 21.6. The van der Waals surface area contributed by atoms with Crippen LogP contribution in [0.3, 0.4) is 0 Å². The predicted octanol–water partition coefficient (Wildman–Crippen LogP) is 16.7. The van der Waals surface area contributed by atoms with E-state index >= 15 is 0 Å². The first-order valence-electron chi connectivity index (χ1n) is 21.6. The third-order valence-corrected chi connectivity index (χ3v) is 12.5. The number of fused-ring (bicyclic) bond motifs is 6. The summed E-state index contributed by atoms with van der Waals surface area (Å²) in [7, 11) is 0. The monoisotopic (exact) mass is 803 g/mol. The van der Waals surface area contributed by atoms with Crippen LogP contribution in [-0.4, -0.2) is 4.57 Å². The van der Waals surface area contributed by atoms with Crippen molar-refractivity contribution in [3.63, 3.8) is 0 Å². The molecule has 63 heavy (non-hydrogen) atoms. The maximum Gasteiger partial charge on any atom is 0.0776 e. The zero-order valence-corrected chi connectivity index (χ0v) is 34.5. The molecular weight excluding hydrogens is 763 g/mol. The number of para-hydroxylation sites is 3. The zero-order chi connectivity index (χ0) is 41.7. The third kappa shape index (κ3) is 6.55. The molecule has 0 bridgehead atoms. The van der Waals surface area contributed by atoms with E-state index in [0.717, 1.165) is 50.6 Å². The topological polar surface area (TPSA) is 29.0 Å². The van der Waals surface area contributed by atoms with E-state index in [1.807, 2.05) is 0 Å². The minimum atomic E-state index is 1.02.